The van der Waals surface area contributed by atoms with Gasteiger partial charge in [-0.1, -0.05) is 29.8 Å². The fraction of sp³-hybridized carbons (Fsp3) is 0.300. The Morgan fingerprint density at radius 1 is 1.22 bits per heavy atom. The molecule has 1 unspecified atom stereocenters. The van der Waals surface area contributed by atoms with E-state index in [0.29, 0.717) is 36.1 Å². The molecule has 1 fully saturated rings. The molecular formula is C20H19ClN4O2. The summed E-state index contributed by atoms with van der Waals surface area (Å²) in [6.07, 6.45) is 8.78. The topological polar surface area (TPSA) is 72.1 Å². The van der Waals surface area contributed by atoms with Crippen molar-refractivity contribution in [3.63, 3.8) is 0 Å². The standard InChI is InChI=1S/C20H19ClN4O2/c21-17-6-2-1-4-14(17)10-16-11-24-19(27-16)15-5-3-9-25(13-15)20(26)18-12-22-7-8-23-18/h1-2,4,6-8,11-12,15H,3,5,9-10,13H2. The molecule has 1 saturated heterocycles. The summed E-state index contributed by atoms with van der Waals surface area (Å²) in [4.78, 5) is 27.0. The number of piperidine rings is 1. The van der Waals surface area contributed by atoms with E-state index in [4.69, 9.17) is 16.0 Å². The van der Waals surface area contributed by atoms with Gasteiger partial charge in [0.2, 0.25) is 0 Å². The van der Waals surface area contributed by atoms with Crippen LogP contribution < -0.4 is 0 Å². The van der Waals surface area contributed by atoms with Crippen LogP contribution in [0.15, 0.2) is 53.5 Å². The van der Waals surface area contributed by atoms with Gasteiger partial charge in [0.25, 0.3) is 5.91 Å². The van der Waals surface area contributed by atoms with Crippen molar-refractivity contribution in [3.05, 3.63) is 77.0 Å². The van der Waals surface area contributed by atoms with Crippen LogP contribution in [0.3, 0.4) is 0 Å². The monoisotopic (exact) mass is 382 g/mol. The van der Waals surface area contributed by atoms with Gasteiger partial charge in [0, 0.05) is 36.9 Å². The van der Waals surface area contributed by atoms with Gasteiger partial charge in [-0.2, -0.15) is 0 Å². The molecule has 6 nitrogen and oxygen atoms in total. The lowest BCUT2D eigenvalue weighted by molar-refractivity contribution is 0.0691. The van der Waals surface area contributed by atoms with Crippen LogP contribution in [-0.2, 0) is 6.42 Å². The molecular weight excluding hydrogens is 364 g/mol. The van der Waals surface area contributed by atoms with Gasteiger partial charge in [0.1, 0.15) is 11.5 Å². The second kappa shape index (κ2) is 7.88. The lowest BCUT2D eigenvalue weighted by Crippen LogP contribution is -2.39. The zero-order chi connectivity index (χ0) is 18.6. The normalized spacial score (nSPS) is 17.1. The Hall–Kier alpha value is -2.73. The molecule has 0 aliphatic carbocycles. The maximum atomic E-state index is 12.6. The average molecular weight is 383 g/mol. The summed E-state index contributed by atoms with van der Waals surface area (Å²) in [5.41, 5.74) is 1.37. The van der Waals surface area contributed by atoms with Crippen molar-refractivity contribution in [1.82, 2.24) is 19.9 Å². The maximum absolute atomic E-state index is 12.6. The third-order valence-corrected chi connectivity index (χ3v) is 5.10. The largest absolute Gasteiger partial charge is 0.445 e. The Balaban J connectivity index is 1.45. The van der Waals surface area contributed by atoms with Gasteiger partial charge in [-0.3, -0.25) is 9.78 Å². The van der Waals surface area contributed by atoms with Crippen molar-refractivity contribution in [2.45, 2.75) is 25.2 Å². The molecule has 0 saturated carbocycles. The van der Waals surface area contributed by atoms with Crippen molar-refractivity contribution < 1.29 is 9.21 Å². The lowest BCUT2D eigenvalue weighted by atomic mass is 9.98. The van der Waals surface area contributed by atoms with E-state index in [0.717, 1.165) is 24.2 Å². The van der Waals surface area contributed by atoms with E-state index in [1.165, 1.54) is 12.4 Å². The number of benzene rings is 1. The highest BCUT2D eigenvalue weighted by atomic mass is 35.5. The molecule has 1 aliphatic heterocycles. The zero-order valence-electron chi connectivity index (χ0n) is 14.7. The van der Waals surface area contributed by atoms with E-state index >= 15 is 0 Å². The van der Waals surface area contributed by atoms with Gasteiger partial charge >= 0.3 is 0 Å². The average Bonchev–Trinajstić information content (AvgIpc) is 3.19. The van der Waals surface area contributed by atoms with Crippen LogP contribution in [0.1, 0.15) is 46.5 Å². The van der Waals surface area contributed by atoms with E-state index < -0.39 is 0 Å². The van der Waals surface area contributed by atoms with Crippen LogP contribution in [-0.4, -0.2) is 38.8 Å². The van der Waals surface area contributed by atoms with Gasteiger partial charge in [-0.25, -0.2) is 9.97 Å². The maximum Gasteiger partial charge on any atom is 0.274 e. The minimum Gasteiger partial charge on any atom is -0.445 e. The van der Waals surface area contributed by atoms with Gasteiger partial charge in [-0.05, 0) is 24.5 Å². The molecule has 0 N–H and O–H groups in total. The number of rotatable bonds is 4. The van der Waals surface area contributed by atoms with Crippen LogP contribution >= 0.6 is 11.6 Å². The number of oxazole rings is 1. The zero-order valence-corrected chi connectivity index (χ0v) is 15.5. The summed E-state index contributed by atoms with van der Waals surface area (Å²) in [6.45, 7) is 1.28. The van der Waals surface area contributed by atoms with Crippen LogP contribution in [0.25, 0.3) is 0 Å². The summed E-state index contributed by atoms with van der Waals surface area (Å²) in [7, 11) is 0. The molecule has 0 radical (unpaired) electrons. The molecule has 1 atom stereocenters. The van der Waals surface area contributed by atoms with E-state index in [9.17, 15) is 4.79 Å². The van der Waals surface area contributed by atoms with Crippen molar-refractivity contribution in [3.8, 4) is 0 Å². The first-order chi connectivity index (χ1) is 13.2. The summed E-state index contributed by atoms with van der Waals surface area (Å²) in [5, 5.41) is 0.717. The molecule has 138 valence electrons. The van der Waals surface area contributed by atoms with E-state index in [1.807, 2.05) is 24.3 Å². The first-order valence-corrected chi connectivity index (χ1v) is 9.32. The summed E-state index contributed by atoms with van der Waals surface area (Å²) < 4.78 is 5.98. The predicted molar refractivity (Wildman–Crippen MR) is 101 cm³/mol. The summed E-state index contributed by atoms with van der Waals surface area (Å²) >= 11 is 6.22. The highest BCUT2D eigenvalue weighted by Crippen LogP contribution is 2.28. The summed E-state index contributed by atoms with van der Waals surface area (Å²) in [6, 6.07) is 7.70. The van der Waals surface area contributed by atoms with Crippen molar-refractivity contribution >= 4 is 17.5 Å². The van der Waals surface area contributed by atoms with Crippen LogP contribution in [0.2, 0.25) is 5.02 Å². The second-order valence-electron chi connectivity index (χ2n) is 6.61. The molecule has 1 amide bonds. The van der Waals surface area contributed by atoms with Gasteiger partial charge in [0.15, 0.2) is 5.89 Å². The number of amides is 1. The molecule has 3 heterocycles. The minimum absolute atomic E-state index is 0.0827. The molecule has 1 aromatic carbocycles. The molecule has 2 aromatic heterocycles. The summed E-state index contributed by atoms with van der Waals surface area (Å²) in [5.74, 6) is 1.43. The van der Waals surface area contributed by atoms with Crippen LogP contribution in [0.5, 0.6) is 0 Å². The fourth-order valence-corrected chi connectivity index (χ4v) is 3.56. The Bertz CT molecular complexity index is 928. The number of carbonyl (C=O) groups is 1. The van der Waals surface area contributed by atoms with Crippen molar-refractivity contribution in [2.24, 2.45) is 0 Å². The van der Waals surface area contributed by atoms with E-state index in [-0.39, 0.29) is 11.8 Å². The van der Waals surface area contributed by atoms with Gasteiger partial charge in [-0.15, -0.1) is 0 Å². The minimum atomic E-state index is -0.101. The Kier molecular flexibility index (Phi) is 5.16. The van der Waals surface area contributed by atoms with Crippen LogP contribution in [0, 0.1) is 0 Å². The first-order valence-electron chi connectivity index (χ1n) is 8.94. The predicted octanol–water partition coefficient (Wildman–Crippen LogP) is 3.73. The molecule has 0 spiro atoms. The van der Waals surface area contributed by atoms with Crippen molar-refractivity contribution in [2.75, 3.05) is 13.1 Å². The number of hydrogen-bond acceptors (Lipinski definition) is 5. The molecule has 3 aromatic rings. The van der Waals surface area contributed by atoms with Gasteiger partial charge in [0.05, 0.1) is 18.3 Å². The second-order valence-corrected chi connectivity index (χ2v) is 7.02. The Morgan fingerprint density at radius 3 is 2.93 bits per heavy atom. The Labute approximate surface area is 162 Å². The number of carbonyl (C=O) groups excluding carboxylic acids is 1. The number of aromatic nitrogens is 3. The molecule has 7 heteroatoms. The molecule has 4 rings (SSSR count). The third kappa shape index (κ3) is 4.01. The van der Waals surface area contributed by atoms with Crippen molar-refractivity contribution in [1.29, 1.82) is 0 Å². The number of nitrogens with zero attached hydrogens (tertiary/aromatic N) is 4. The third-order valence-electron chi connectivity index (χ3n) is 4.73. The SMILES string of the molecule is O=C(c1cnccn1)N1CCCC(c2ncc(Cc3ccccc3Cl)o2)C1. The lowest BCUT2D eigenvalue weighted by Gasteiger charge is -2.30. The van der Waals surface area contributed by atoms with Crippen LogP contribution in [0.4, 0.5) is 0 Å². The highest BCUT2D eigenvalue weighted by Gasteiger charge is 2.29. The smallest absolute Gasteiger partial charge is 0.274 e. The quantitative estimate of drug-likeness (QED) is 0.687. The number of likely N-dealkylation sites (tertiary alicyclic amines) is 1. The molecule has 0 bridgehead atoms. The van der Waals surface area contributed by atoms with E-state index in [1.54, 1.807) is 17.3 Å². The molecule has 1 aliphatic rings. The number of hydrogen-bond donors (Lipinski definition) is 0. The fourth-order valence-electron chi connectivity index (χ4n) is 3.36. The number of halogens is 1. The highest BCUT2D eigenvalue weighted by molar-refractivity contribution is 6.31. The van der Waals surface area contributed by atoms with E-state index in [2.05, 4.69) is 15.0 Å². The Morgan fingerprint density at radius 2 is 2.11 bits per heavy atom. The van der Waals surface area contributed by atoms with Gasteiger partial charge < -0.3 is 9.32 Å². The first kappa shape index (κ1) is 17.7. The molecule has 27 heavy (non-hydrogen) atoms.